The molecule has 0 unspecified atom stereocenters. The first-order valence-corrected chi connectivity index (χ1v) is 12.8. The van der Waals surface area contributed by atoms with Gasteiger partial charge in [0.25, 0.3) is 0 Å². The van der Waals surface area contributed by atoms with Gasteiger partial charge in [0.1, 0.15) is 45.6 Å². The molecule has 0 aliphatic carbocycles. The number of carbonyl (C=O) groups excluding carboxylic acids is 4. The molecule has 41 heavy (non-hydrogen) atoms. The Bertz CT molecular complexity index is 1430. The molecule has 0 aliphatic heterocycles. The van der Waals surface area contributed by atoms with Gasteiger partial charge in [-0.05, 0) is 29.5 Å². The molecule has 11 heteroatoms. The summed E-state index contributed by atoms with van der Waals surface area (Å²) >= 11 is 0. The number of pyridine rings is 1. The topological polar surface area (TPSA) is 203 Å². The quantitative estimate of drug-likeness (QED) is 0.140. The van der Waals surface area contributed by atoms with Gasteiger partial charge in [0.15, 0.2) is 24.1 Å². The molecule has 0 atom stereocenters. The molecule has 0 saturated carbocycles. The lowest BCUT2D eigenvalue weighted by Crippen LogP contribution is -2.14. The van der Waals surface area contributed by atoms with Gasteiger partial charge in [0.05, 0.1) is 11.1 Å². The summed E-state index contributed by atoms with van der Waals surface area (Å²) in [6.45, 7) is 6.82. The standard InChI is InChI=1S/C30H31NO10/c1-13(2)9-18(34)21-25(36)16(11-32)27(38)23(29(21)40)20(15-5-7-31-8-6-15)24-28(39)17(12-33)26(37)22(30(24)41)19(35)10-14(3)4/h5-8,11-14,20,36-41H,9-10H2,1-4H3. The van der Waals surface area contributed by atoms with Crippen molar-refractivity contribution in [3.8, 4) is 34.5 Å². The molecule has 3 rings (SSSR count). The fourth-order valence-electron chi connectivity index (χ4n) is 4.78. The summed E-state index contributed by atoms with van der Waals surface area (Å²) in [6.07, 6.45) is 2.39. The summed E-state index contributed by atoms with van der Waals surface area (Å²) in [5.41, 5.74) is -3.97. The Morgan fingerprint density at radius 3 is 1.34 bits per heavy atom. The summed E-state index contributed by atoms with van der Waals surface area (Å²) in [6, 6.07) is 2.71. The molecule has 0 amide bonds. The molecule has 11 nitrogen and oxygen atoms in total. The normalized spacial score (nSPS) is 11.3. The lowest BCUT2D eigenvalue weighted by Gasteiger charge is -2.26. The Morgan fingerprint density at radius 1 is 0.659 bits per heavy atom. The van der Waals surface area contributed by atoms with Crippen molar-refractivity contribution in [2.75, 3.05) is 0 Å². The highest BCUT2D eigenvalue weighted by Crippen LogP contribution is 2.54. The maximum Gasteiger partial charge on any atom is 0.170 e. The van der Waals surface area contributed by atoms with Crippen LogP contribution < -0.4 is 0 Å². The van der Waals surface area contributed by atoms with Gasteiger partial charge in [-0.3, -0.25) is 24.2 Å². The third-order valence-electron chi connectivity index (χ3n) is 6.59. The number of benzene rings is 2. The monoisotopic (exact) mass is 565 g/mol. The van der Waals surface area contributed by atoms with Crippen molar-refractivity contribution in [3.63, 3.8) is 0 Å². The Balaban J connectivity index is 2.58. The molecule has 0 radical (unpaired) electrons. The Morgan fingerprint density at radius 2 is 1.02 bits per heavy atom. The third-order valence-corrected chi connectivity index (χ3v) is 6.59. The summed E-state index contributed by atoms with van der Waals surface area (Å²) in [5.74, 6) is -9.53. The SMILES string of the molecule is CC(C)CC(=O)c1c(O)c(C=O)c(O)c(C(c2ccncc2)c2c(O)c(C=O)c(O)c(C(=O)CC(C)C)c2O)c1O. The van der Waals surface area contributed by atoms with E-state index in [2.05, 4.69) is 4.98 Å². The number of hydrogen-bond donors (Lipinski definition) is 6. The molecule has 1 heterocycles. The minimum absolute atomic E-state index is 0.0638. The highest BCUT2D eigenvalue weighted by molar-refractivity contribution is 6.07. The summed E-state index contributed by atoms with van der Waals surface area (Å²) < 4.78 is 0. The van der Waals surface area contributed by atoms with Crippen molar-refractivity contribution in [2.45, 2.75) is 46.5 Å². The number of phenols is 6. The molecule has 0 saturated heterocycles. The van der Waals surface area contributed by atoms with E-state index in [0.717, 1.165) is 0 Å². The van der Waals surface area contributed by atoms with Gasteiger partial charge >= 0.3 is 0 Å². The van der Waals surface area contributed by atoms with E-state index in [1.165, 1.54) is 24.5 Å². The average Bonchev–Trinajstić information content (AvgIpc) is 2.87. The van der Waals surface area contributed by atoms with E-state index in [-0.39, 0.29) is 42.8 Å². The van der Waals surface area contributed by atoms with Crippen molar-refractivity contribution in [1.82, 2.24) is 4.98 Å². The average molecular weight is 566 g/mol. The van der Waals surface area contributed by atoms with Gasteiger partial charge in [0, 0.05) is 42.3 Å². The first-order valence-electron chi connectivity index (χ1n) is 12.8. The smallest absolute Gasteiger partial charge is 0.170 e. The van der Waals surface area contributed by atoms with E-state index in [1.807, 2.05) is 0 Å². The number of nitrogens with zero attached hydrogens (tertiary/aromatic N) is 1. The van der Waals surface area contributed by atoms with Crippen molar-refractivity contribution < 1.29 is 49.8 Å². The van der Waals surface area contributed by atoms with E-state index >= 15 is 0 Å². The predicted octanol–water partition coefficient (Wildman–Crippen LogP) is 4.58. The molecule has 216 valence electrons. The van der Waals surface area contributed by atoms with Crippen LogP contribution in [-0.4, -0.2) is 59.8 Å². The number of hydrogen-bond acceptors (Lipinski definition) is 11. The molecule has 3 aromatic rings. The number of aromatic nitrogens is 1. The fourth-order valence-corrected chi connectivity index (χ4v) is 4.78. The molecule has 0 aliphatic rings. The zero-order valence-electron chi connectivity index (χ0n) is 22.9. The molecule has 0 fully saturated rings. The first kappa shape index (κ1) is 30.6. The third kappa shape index (κ3) is 5.56. The lowest BCUT2D eigenvalue weighted by molar-refractivity contribution is 0.0952. The second kappa shape index (κ2) is 12.1. The van der Waals surface area contributed by atoms with E-state index in [1.54, 1.807) is 27.7 Å². The maximum atomic E-state index is 13.1. The molecule has 2 aromatic carbocycles. The summed E-state index contributed by atoms with van der Waals surface area (Å²) in [5, 5.41) is 66.5. The highest BCUT2D eigenvalue weighted by atomic mass is 16.3. The van der Waals surface area contributed by atoms with Crippen LogP contribution in [0.2, 0.25) is 0 Å². The predicted molar refractivity (Wildman–Crippen MR) is 146 cm³/mol. The minimum Gasteiger partial charge on any atom is -0.507 e. The van der Waals surface area contributed by atoms with Crippen molar-refractivity contribution in [1.29, 1.82) is 0 Å². The zero-order valence-corrected chi connectivity index (χ0v) is 22.9. The maximum absolute atomic E-state index is 13.1. The number of Topliss-reactive ketones (excluding diaryl/α,β-unsaturated/α-hetero) is 2. The van der Waals surface area contributed by atoms with Crippen LogP contribution in [0.5, 0.6) is 34.5 Å². The van der Waals surface area contributed by atoms with Gasteiger partial charge in [-0.15, -0.1) is 0 Å². The van der Waals surface area contributed by atoms with Crippen molar-refractivity contribution in [3.05, 3.63) is 63.5 Å². The zero-order chi connectivity index (χ0) is 30.8. The number of aromatic hydroxyl groups is 6. The largest absolute Gasteiger partial charge is 0.507 e. The van der Waals surface area contributed by atoms with Crippen LogP contribution >= 0.6 is 0 Å². The second-order valence-electron chi connectivity index (χ2n) is 10.5. The van der Waals surface area contributed by atoms with Gasteiger partial charge < -0.3 is 30.6 Å². The lowest BCUT2D eigenvalue weighted by atomic mass is 9.79. The highest BCUT2D eigenvalue weighted by Gasteiger charge is 2.38. The van der Waals surface area contributed by atoms with Crippen LogP contribution in [-0.2, 0) is 0 Å². The van der Waals surface area contributed by atoms with Crippen LogP contribution in [0.25, 0.3) is 0 Å². The van der Waals surface area contributed by atoms with Gasteiger partial charge in [-0.2, -0.15) is 0 Å². The van der Waals surface area contributed by atoms with Gasteiger partial charge in [-0.1, -0.05) is 27.7 Å². The number of phenolic OH excluding ortho intramolecular Hbond substituents is 6. The number of ketones is 2. The Labute approximate surface area is 235 Å². The molecule has 0 bridgehead atoms. The summed E-state index contributed by atoms with van der Waals surface area (Å²) in [7, 11) is 0. The number of rotatable bonds is 11. The van der Waals surface area contributed by atoms with E-state index < -0.39 is 85.4 Å². The minimum atomic E-state index is -1.66. The Hall–Kier alpha value is -4.93. The van der Waals surface area contributed by atoms with Gasteiger partial charge in [-0.25, -0.2) is 0 Å². The number of carbonyl (C=O) groups is 4. The van der Waals surface area contributed by atoms with Gasteiger partial charge in [0.2, 0.25) is 0 Å². The van der Waals surface area contributed by atoms with Crippen LogP contribution in [0.4, 0.5) is 0 Å². The van der Waals surface area contributed by atoms with Crippen LogP contribution in [0.3, 0.4) is 0 Å². The molecule has 0 spiro atoms. The van der Waals surface area contributed by atoms with E-state index in [4.69, 9.17) is 0 Å². The van der Waals surface area contributed by atoms with Crippen LogP contribution in [0.15, 0.2) is 24.5 Å². The van der Waals surface area contributed by atoms with Crippen LogP contribution in [0.1, 0.15) is 105 Å². The van der Waals surface area contributed by atoms with E-state index in [9.17, 15) is 49.8 Å². The fraction of sp³-hybridized carbons (Fsp3) is 0.300. The molecule has 1 aromatic heterocycles. The van der Waals surface area contributed by atoms with Crippen molar-refractivity contribution >= 4 is 24.1 Å². The summed E-state index contributed by atoms with van der Waals surface area (Å²) in [4.78, 5) is 54.1. The van der Waals surface area contributed by atoms with Crippen molar-refractivity contribution in [2.24, 2.45) is 11.8 Å². The first-order chi connectivity index (χ1) is 19.3. The molecular formula is C30H31NO10. The molecular weight excluding hydrogens is 534 g/mol. The molecule has 6 N–H and O–H groups in total. The second-order valence-corrected chi connectivity index (χ2v) is 10.5. The van der Waals surface area contributed by atoms with E-state index in [0.29, 0.717) is 0 Å². The van der Waals surface area contributed by atoms with Crippen LogP contribution in [0, 0.1) is 11.8 Å². The Kier molecular flexibility index (Phi) is 9.01. The number of aldehydes is 2.